The number of alkyl halides is 3. The number of hydrazine groups is 1. The van der Waals surface area contributed by atoms with E-state index in [4.69, 9.17) is 29.0 Å². The van der Waals surface area contributed by atoms with Crippen molar-refractivity contribution in [3.05, 3.63) is 45.7 Å². The fourth-order valence-corrected chi connectivity index (χ4v) is 2.91. The zero-order valence-corrected chi connectivity index (χ0v) is 14.3. The Hall–Kier alpha value is -2.30. The van der Waals surface area contributed by atoms with Crippen molar-refractivity contribution >= 4 is 41.2 Å². The van der Waals surface area contributed by atoms with Crippen molar-refractivity contribution in [1.29, 1.82) is 0 Å². The van der Waals surface area contributed by atoms with Crippen molar-refractivity contribution in [3.63, 3.8) is 0 Å². The van der Waals surface area contributed by atoms with Crippen LogP contribution in [0.25, 0.3) is 0 Å². The summed E-state index contributed by atoms with van der Waals surface area (Å²) in [4.78, 5) is 15.7. The first-order valence-corrected chi connectivity index (χ1v) is 7.87. The topological polar surface area (TPSA) is 86.3 Å². The summed E-state index contributed by atoms with van der Waals surface area (Å²) in [6.45, 7) is 0.0148. The summed E-state index contributed by atoms with van der Waals surface area (Å²) in [6.07, 6.45) is -3.25. The molecule has 1 aromatic carbocycles. The number of fused-ring (bicyclic) bond motifs is 1. The van der Waals surface area contributed by atoms with Gasteiger partial charge in [-0.25, -0.2) is 10.7 Å². The van der Waals surface area contributed by atoms with Crippen LogP contribution >= 0.6 is 23.2 Å². The van der Waals surface area contributed by atoms with Crippen LogP contribution in [0.3, 0.4) is 0 Å². The molecule has 0 aliphatic carbocycles. The summed E-state index contributed by atoms with van der Waals surface area (Å²) in [6, 6.07) is 3.70. The van der Waals surface area contributed by atoms with Crippen LogP contribution in [0.2, 0.25) is 10.0 Å². The number of nitrogens with zero attached hydrogens (tertiary/aromatic N) is 4. The van der Waals surface area contributed by atoms with Crippen molar-refractivity contribution in [2.24, 2.45) is 15.9 Å². The largest absolute Gasteiger partial charge is 0.489 e. The van der Waals surface area contributed by atoms with E-state index >= 15 is 0 Å². The molecule has 0 saturated carbocycles. The predicted molar refractivity (Wildman–Crippen MR) is 90.0 cm³/mol. The Morgan fingerprint density at radius 3 is 2.69 bits per heavy atom. The van der Waals surface area contributed by atoms with Gasteiger partial charge >= 0.3 is 6.30 Å². The first kappa shape index (κ1) is 18.5. The zero-order valence-electron chi connectivity index (χ0n) is 12.8. The molecular formula is C14H11Cl2F3N6O. The number of amides is 1. The lowest BCUT2D eigenvalue weighted by Gasteiger charge is -2.27. The third-order valence-corrected chi connectivity index (χ3v) is 4.26. The molecule has 3 rings (SSSR count). The number of hydrogen-bond donors (Lipinski definition) is 2. The highest BCUT2D eigenvalue weighted by Gasteiger charge is 2.43. The van der Waals surface area contributed by atoms with Gasteiger partial charge in [-0.3, -0.25) is 20.2 Å². The van der Waals surface area contributed by atoms with Gasteiger partial charge in [-0.2, -0.15) is 5.10 Å². The van der Waals surface area contributed by atoms with Gasteiger partial charge in [-0.1, -0.05) is 29.3 Å². The number of nitrogens with one attached hydrogen (secondary N) is 1. The number of nitrogens with two attached hydrogens (primary N) is 1. The molecule has 26 heavy (non-hydrogen) atoms. The SMILES string of the molecule is NNC(=O)C1=NN(Cc2ccc(Cl)cc2Cl)C2=CN(C(F)(F)F)C=NC21. The van der Waals surface area contributed by atoms with Crippen molar-refractivity contribution in [3.8, 4) is 0 Å². The lowest BCUT2D eigenvalue weighted by Crippen LogP contribution is -2.43. The van der Waals surface area contributed by atoms with Crippen LogP contribution in [0.4, 0.5) is 13.2 Å². The summed E-state index contributed by atoms with van der Waals surface area (Å²) >= 11 is 12.0. The van der Waals surface area contributed by atoms with E-state index in [2.05, 4.69) is 10.1 Å². The Kier molecular flexibility index (Phi) is 4.82. The maximum atomic E-state index is 13.0. The number of halogens is 5. The second kappa shape index (κ2) is 6.78. The number of hydrazone groups is 1. The number of hydrogen-bond acceptors (Lipinski definition) is 6. The van der Waals surface area contributed by atoms with Gasteiger partial charge in [0.25, 0.3) is 5.91 Å². The summed E-state index contributed by atoms with van der Waals surface area (Å²) in [5.74, 6) is 4.37. The number of carbonyl (C=O) groups excluding carboxylic acids is 1. The minimum atomic E-state index is -4.66. The quantitative estimate of drug-likeness (QED) is 0.348. The van der Waals surface area contributed by atoms with Crippen molar-refractivity contribution < 1.29 is 18.0 Å². The van der Waals surface area contributed by atoms with Crippen LogP contribution in [0.5, 0.6) is 0 Å². The number of carbonyl (C=O) groups is 1. The fraction of sp³-hybridized carbons (Fsp3) is 0.214. The van der Waals surface area contributed by atoms with Gasteiger partial charge in [0.05, 0.1) is 18.6 Å². The average molecular weight is 407 g/mol. The molecule has 138 valence electrons. The number of aliphatic imine (C=N–C) groups is 1. The van der Waals surface area contributed by atoms with E-state index in [1.807, 2.05) is 5.43 Å². The zero-order chi connectivity index (χ0) is 19.1. The van der Waals surface area contributed by atoms with Crippen LogP contribution in [0, 0.1) is 0 Å². The number of benzene rings is 1. The molecule has 0 bridgehead atoms. The van der Waals surface area contributed by atoms with E-state index in [9.17, 15) is 18.0 Å². The van der Waals surface area contributed by atoms with E-state index < -0.39 is 18.2 Å². The molecule has 1 aromatic rings. The Morgan fingerprint density at radius 2 is 2.08 bits per heavy atom. The van der Waals surface area contributed by atoms with Crippen molar-refractivity contribution in [1.82, 2.24) is 15.3 Å². The van der Waals surface area contributed by atoms with Crippen LogP contribution in [-0.2, 0) is 11.3 Å². The molecular weight excluding hydrogens is 396 g/mol. The van der Waals surface area contributed by atoms with Crippen LogP contribution < -0.4 is 11.3 Å². The van der Waals surface area contributed by atoms with Gasteiger partial charge in [0.1, 0.15) is 6.04 Å². The molecule has 1 unspecified atom stereocenters. The Labute approximate surface area is 155 Å². The van der Waals surface area contributed by atoms with Crippen LogP contribution in [0.1, 0.15) is 5.56 Å². The molecule has 12 heteroatoms. The molecule has 3 N–H and O–H groups in total. The average Bonchev–Trinajstić information content (AvgIpc) is 2.94. The first-order chi connectivity index (χ1) is 12.2. The summed E-state index contributed by atoms with van der Waals surface area (Å²) in [5, 5.41) is 6.02. The van der Waals surface area contributed by atoms with Gasteiger partial charge in [-0.15, -0.1) is 13.2 Å². The highest BCUT2D eigenvalue weighted by atomic mass is 35.5. The molecule has 0 aromatic heterocycles. The second-order valence-electron chi connectivity index (χ2n) is 5.35. The number of rotatable bonds is 3. The van der Waals surface area contributed by atoms with Gasteiger partial charge in [0.2, 0.25) is 0 Å². The molecule has 0 fully saturated rings. The highest BCUT2D eigenvalue weighted by Crippen LogP contribution is 2.32. The third-order valence-electron chi connectivity index (χ3n) is 3.67. The van der Waals surface area contributed by atoms with E-state index in [1.165, 1.54) is 11.1 Å². The van der Waals surface area contributed by atoms with E-state index in [-0.39, 0.29) is 22.9 Å². The van der Waals surface area contributed by atoms with Gasteiger partial charge < -0.3 is 0 Å². The third kappa shape index (κ3) is 3.48. The maximum Gasteiger partial charge on any atom is 0.489 e. The normalized spacial score (nSPS) is 19.2. The first-order valence-electron chi connectivity index (χ1n) is 7.12. The molecule has 0 spiro atoms. The standard InChI is InChI=1S/C14H11Cl2F3N6O/c15-8-2-1-7(9(16)3-8)4-25-10-5-24(14(17,18)19)6-21-11(10)12(23-25)13(26)22-20/h1-3,5-6,11H,4,20H2,(H,22,26). The second-order valence-corrected chi connectivity index (χ2v) is 6.19. The monoisotopic (exact) mass is 406 g/mol. The van der Waals surface area contributed by atoms with Gasteiger partial charge in [-0.05, 0) is 17.7 Å². The molecule has 7 nitrogen and oxygen atoms in total. The summed E-state index contributed by atoms with van der Waals surface area (Å²) in [5.41, 5.74) is 2.41. The minimum absolute atomic E-state index is 0.0148. The van der Waals surface area contributed by atoms with Gasteiger partial charge in [0, 0.05) is 16.2 Å². The molecule has 1 amide bonds. The predicted octanol–water partition coefficient (Wildman–Crippen LogP) is 2.23. The van der Waals surface area contributed by atoms with E-state index in [0.29, 0.717) is 21.9 Å². The summed E-state index contributed by atoms with van der Waals surface area (Å²) in [7, 11) is 0. The molecule has 2 heterocycles. The lowest BCUT2D eigenvalue weighted by molar-refractivity contribution is -0.201. The minimum Gasteiger partial charge on any atom is -0.289 e. The molecule has 1 atom stereocenters. The molecule has 2 aliphatic rings. The molecule has 0 saturated heterocycles. The summed E-state index contributed by atoms with van der Waals surface area (Å²) < 4.78 is 38.9. The lowest BCUT2D eigenvalue weighted by atomic mass is 10.1. The van der Waals surface area contributed by atoms with Crippen LogP contribution in [0.15, 0.2) is 40.2 Å². The van der Waals surface area contributed by atoms with Crippen LogP contribution in [-0.4, -0.2) is 40.2 Å². The van der Waals surface area contributed by atoms with Crippen molar-refractivity contribution in [2.75, 3.05) is 0 Å². The fourth-order valence-electron chi connectivity index (χ4n) is 2.44. The molecule has 0 radical (unpaired) electrons. The Balaban J connectivity index is 1.97. The Bertz CT molecular complexity index is 838. The highest BCUT2D eigenvalue weighted by molar-refractivity contribution is 6.42. The van der Waals surface area contributed by atoms with E-state index in [0.717, 1.165) is 6.20 Å². The molecule has 2 aliphatic heterocycles. The Morgan fingerprint density at radius 1 is 1.35 bits per heavy atom. The smallest absolute Gasteiger partial charge is 0.289 e. The van der Waals surface area contributed by atoms with Gasteiger partial charge in [0.15, 0.2) is 5.71 Å². The maximum absolute atomic E-state index is 13.0. The van der Waals surface area contributed by atoms with Crippen molar-refractivity contribution in [2.45, 2.75) is 18.9 Å². The van der Waals surface area contributed by atoms with E-state index in [1.54, 1.807) is 12.1 Å².